The minimum absolute atomic E-state index is 0.473. The van der Waals surface area contributed by atoms with Gasteiger partial charge in [-0.05, 0) is 91.0 Å². The summed E-state index contributed by atoms with van der Waals surface area (Å²) < 4.78 is 28.2. The van der Waals surface area contributed by atoms with Crippen LogP contribution in [0.15, 0.2) is 209 Å². The lowest BCUT2D eigenvalue weighted by Gasteiger charge is -2.30. The summed E-state index contributed by atoms with van der Waals surface area (Å²) in [5, 5.41) is 0. The van der Waals surface area contributed by atoms with Gasteiger partial charge >= 0.3 is 0 Å². The number of aromatic nitrogens is 11. The molecule has 0 unspecified atom stereocenters. The smallest absolute Gasteiger partial charge is 0.228 e. The molecule has 0 atom stereocenters. The van der Waals surface area contributed by atoms with Gasteiger partial charge in [-0.1, -0.05) is 6.07 Å². The number of hydrogen-bond acceptors (Lipinski definition) is 21. The first kappa shape index (κ1) is 51.5. The molecule has 0 spiro atoms. The van der Waals surface area contributed by atoms with Gasteiger partial charge in [0.05, 0.1) is 56.5 Å². The maximum absolute atomic E-state index is 5.66. The van der Waals surface area contributed by atoms with Gasteiger partial charge in [0, 0.05) is 127 Å². The summed E-state index contributed by atoms with van der Waals surface area (Å²) in [6, 6.07) is 30.9. The van der Waals surface area contributed by atoms with E-state index in [1.165, 1.54) is 0 Å². The second-order valence-corrected chi connectivity index (χ2v) is 18.1. The molecule has 80 heavy (non-hydrogen) atoms. The SMILES string of the molecule is c1cc(N2COc3ccncc3C2)ccn1.c1ccc(N2COc3ccncc3C2)nc1.c1cnc(N2COc3ccncc3C2)nc1.c1cncc(N2COc3cccnc3C2)c1.c1cncc(N2COc3ccncc3C2)c1. The Morgan fingerprint density at radius 2 is 0.700 bits per heavy atom. The van der Waals surface area contributed by atoms with Gasteiger partial charge in [0.15, 0.2) is 33.7 Å². The van der Waals surface area contributed by atoms with Crippen LogP contribution in [0.2, 0.25) is 0 Å². The van der Waals surface area contributed by atoms with E-state index >= 15 is 0 Å². The van der Waals surface area contributed by atoms with E-state index < -0.39 is 0 Å². The van der Waals surface area contributed by atoms with Crippen LogP contribution in [0.5, 0.6) is 28.7 Å². The van der Waals surface area contributed by atoms with E-state index in [1.807, 2.05) is 133 Å². The molecule has 0 amide bonds. The van der Waals surface area contributed by atoms with Crippen molar-refractivity contribution in [2.24, 2.45) is 0 Å². The molecule has 15 rings (SSSR count). The minimum atomic E-state index is 0.473. The lowest BCUT2D eigenvalue weighted by atomic mass is 10.2. The molecule has 5 aliphatic heterocycles. The monoisotopic (exact) mass is 1070 g/mol. The molecule has 5 aliphatic rings. The van der Waals surface area contributed by atoms with Gasteiger partial charge in [0.2, 0.25) is 5.95 Å². The maximum Gasteiger partial charge on any atom is 0.228 e. The molecule has 0 bridgehead atoms. The number of rotatable bonds is 5. The molecule has 0 radical (unpaired) electrons. The van der Waals surface area contributed by atoms with E-state index in [-0.39, 0.29) is 0 Å². The Bertz CT molecular complexity index is 2970. The van der Waals surface area contributed by atoms with Gasteiger partial charge in [-0.15, -0.1) is 0 Å². The molecule has 0 aliphatic carbocycles. The standard InChI is InChI=1S/4C12H11N3O.C11H10N4O/c1-4-13-5-2-11(1)15-8-10-7-14-6-3-12(10)16-9-15;1-3-10(7-13-5-1)15-8-11-12(16-9-15)4-2-6-14-11;1-2-11(7-13-4-1)15-8-10-6-14-5-3-12(10)16-9-15;1-2-5-14-12(3-1)15-8-10-7-13-6-4-11(10)16-9-15;1-3-13-11(14-4-1)15-7-9-6-12-5-2-10(9)16-8-15/h4*1-7H,8-9H2;1-6H,7-8H2. The van der Waals surface area contributed by atoms with E-state index in [1.54, 1.807) is 80.4 Å². The molecule has 21 heteroatoms. The normalized spacial score (nSPS) is 14.1. The van der Waals surface area contributed by atoms with Crippen LogP contribution in [0.3, 0.4) is 0 Å². The Hall–Kier alpha value is -10.6. The van der Waals surface area contributed by atoms with Crippen molar-refractivity contribution in [2.45, 2.75) is 32.7 Å². The largest absolute Gasteiger partial charge is 0.473 e. The van der Waals surface area contributed by atoms with Gasteiger partial charge in [0.1, 0.15) is 40.3 Å². The summed E-state index contributed by atoms with van der Waals surface area (Å²) in [6.07, 6.45) is 32.1. The van der Waals surface area contributed by atoms with Crippen LogP contribution in [-0.2, 0) is 32.7 Å². The average molecular weight is 1070 g/mol. The summed E-state index contributed by atoms with van der Waals surface area (Å²) in [5.74, 6) is 6.15. The van der Waals surface area contributed by atoms with Crippen LogP contribution in [0.1, 0.15) is 27.9 Å². The third-order valence-corrected chi connectivity index (χ3v) is 12.8. The van der Waals surface area contributed by atoms with E-state index in [4.69, 9.17) is 23.7 Å². The third-order valence-electron chi connectivity index (χ3n) is 12.8. The number of ether oxygens (including phenoxy) is 5. The van der Waals surface area contributed by atoms with Crippen LogP contribution < -0.4 is 48.2 Å². The zero-order valence-corrected chi connectivity index (χ0v) is 43.4. The fourth-order valence-corrected chi connectivity index (χ4v) is 8.74. The highest BCUT2D eigenvalue weighted by atomic mass is 16.5. The highest BCUT2D eigenvalue weighted by Gasteiger charge is 2.22. The molecule has 10 aromatic heterocycles. The van der Waals surface area contributed by atoms with Crippen molar-refractivity contribution < 1.29 is 23.7 Å². The van der Waals surface area contributed by atoms with Gasteiger partial charge in [-0.3, -0.25) is 39.9 Å². The zero-order valence-electron chi connectivity index (χ0n) is 43.4. The summed E-state index contributed by atoms with van der Waals surface area (Å²) in [5.41, 5.74) is 8.58. The van der Waals surface area contributed by atoms with Crippen molar-refractivity contribution in [3.8, 4) is 28.7 Å². The first-order valence-corrected chi connectivity index (χ1v) is 25.6. The Kier molecular flexibility index (Phi) is 16.7. The lowest BCUT2D eigenvalue weighted by molar-refractivity contribution is 0.286. The number of anilines is 5. The minimum Gasteiger partial charge on any atom is -0.473 e. The molecular weight excluding hydrogens is 1010 g/mol. The fraction of sp³-hybridized carbons (Fsp3) is 0.169. The topological polar surface area (TPSA) is 204 Å². The van der Waals surface area contributed by atoms with Crippen molar-refractivity contribution in [2.75, 3.05) is 58.2 Å². The third kappa shape index (κ3) is 13.3. The Balaban J connectivity index is 0.000000105. The first-order chi connectivity index (χ1) is 39.7. The van der Waals surface area contributed by atoms with Crippen LogP contribution in [0, 0.1) is 0 Å². The van der Waals surface area contributed by atoms with Gasteiger partial charge < -0.3 is 48.2 Å². The van der Waals surface area contributed by atoms with E-state index in [0.717, 1.165) is 112 Å². The van der Waals surface area contributed by atoms with Crippen molar-refractivity contribution in [1.82, 2.24) is 54.8 Å². The number of nitrogens with zero attached hydrogens (tertiary/aromatic N) is 16. The van der Waals surface area contributed by atoms with Crippen LogP contribution >= 0.6 is 0 Å². The van der Waals surface area contributed by atoms with Crippen molar-refractivity contribution in [3.63, 3.8) is 0 Å². The van der Waals surface area contributed by atoms with Crippen LogP contribution in [-0.4, -0.2) is 88.5 Å². The predicted molar refractivity (Wildman–Crippen MR) is 299 cm³/mol. The number of fused-ring (bicyclic) bond motifs is 5. The fourth-order valence-electron chi connectivity index (χ4n) is 8.74. The number of hydrogen-bond donors (Lipinski definition) is 0. The van der Waals surface area contributed by atoms with E-state index in [0.29, 0.717) is 39.6 Å². The highest BCUT2D eigenvalue weighted by molar-refractivity contribution is 5.50. The average Bonchev–Trinajstić information content (AvgIpc) is 3.56. The summed E-state index contributed by atoms with van der Waals surface area (Å²) in [7, 11) is 0. The second kappa shape index (κ2) is 26.0. The summed E-state index contributed by atoms with van der Waals surface area (Å²) in [4.78, 5) is 56.0. The Morgan fingerprint density at radius 1 is 0.275 bits per heavy atom. The zero-order chi connectivity index (χ0) is 54.0. The molecule has 0 aromatic carbocycles. The van der Waals surface area contributed by atoms with Crippen LogP contribution in [0.25, 0.3) is 0 Å². The molecule has 15 heterocycles. The molecule has 400 valence electrons. The van der Waals surface area contributed by atoms with E-state index in [2.05, 4.69) is 74.4 Å². The summed E-state index contributed by atoms with van der Waals surface area (Å²) in [6.45, 7) is 6.61. The van der Waals surface area contributed by atoms with Gasteiger partial charge in [-0.2, -0.15) is 0 Å². The Labute approximate surface area is 461 Å². The molecule has 0 N–H and O–H groups in total. The molecule has 0 fully saturated rings. The van der Waals surface area contributed by atoms with E-state index in [9.17, 15) is 0 Å². The second-order valence-electron chi connectivity index (χ2n) is 18.1. The molecule has 21 nitrogen and oxygen atoms in total. The quantitative estimate of drug-likeness (QED) is 0.158. The molecule has 0 saturated carbocycles. The predicted octanol–water partition coefficient (Wildman–Crippen LogP) is 8.56. The van der Waals surface area contributed by atoms with Gasteiger partial charge in [0.25, 0.3) is 0 Å². The van der Waals surface area contributed by atoms with Crippen molar-refractivity contribution >= 4 is 28.8 Å². The first-order valence-electron chi connectivity index (χ1n) is 25.6. The molecular formula is C59H54N16O5. The molecule has 10 aromatic rings. The molecule has 0 saturated heterocycles. The van der Waals surface area contributed by atoms with Crippen molar-refractivity contribution in [1.29, 1.82) is 0 Å². The van der Waals surface area contributed by atoms with Crippen molar-refractivity contribution in [3.05, 3.63) is 237 Å². The Morgan fingerprint density at radius 3 is 1.23 bits per heavy atom. The number of pyridine rings is 9. The maximum atomic E-state index is 5.66. The highest BCUT2D eigenvalue weighted by Crippen LogP contribution is 2.30. The lowest BCUT2D eigenvalue weighted by Crippen LogP contribution is -2.33. The van der Waals surface area contributed by atoms with Crippen LogP contribution in [0.4, 0.5) is 28.8 Å². The van der Waals surface area contributed by atoms with Gasteiger partial charge in [-0.25, -0.2) is 15.0 Å². The summed E-state index contributed by atoms with van der Waals surface area (Å²) >= 11 is 0.